The Labute approximate surface area is 114 Å². The van der Waals surface area contributed by atoms with Gasteiger partial charge >= 0.3 is 5.97 Å². The highest BCUT2D eigenvalue weighted by atomic mass is 16.5. The molecule has 104 valence electrons. The second kappa shape index (κ2) is 4.46. The van der Waals surface area contributed by atoms with E-state index in [2.05, 4.69) is 6.08 Å². The lowest BCUT2D eigenvalue weighted by Gasteiger charge is -2.37. The zero-order valence-electron chi connectivity index (χ0n) is 11.6. The van der Waals surface area contributed by atoms with Gasteiger partial charge in [-0.15, -0.1) is 0 Å². The van der Waals surface area contributed by atoms with Gasteiger partial charge in [-0.1, -0.05) is 25.0 Å². The van der Waals surface area contributed by atoms with Gasteiger partial charge in [-0.2, -0.15) is 0 Å². The fraction of sp³-hybridized carbons (Fsp3) is 0.750. The van der Waals surface area contributed by atoms with Crippen LogP contribution >= 0.6 is 0 Å². The Kier molecular flexibility index (Phi) is 3.03. The minimum atomic E-state index is -0.863. The maximum Gasteiger partial charge on any atom is 0.319 e. The highest BCUT2D eigenvalue weighted by molar-refractivity contribution is 6.09. The summed E-state index contributed by atoms with van der Waals surface area (Å²) in [7, 11) is 0. The Bertz CT molecular complexity index is 439. The average Bonchev–Trinajstić information content (AvgIpc) is 2.56. The van der Waals surface area contributed by atoms with Crippen molar-refractivity contribution in [1.82, 2.24) is 0 Å². The molecular formula is C16H22O3. The van der Waals surface area contributed by atoms with Crippen LogP contribution in [0.15, 0.2) is 12.2 Å². The average molecular weight is 262 g/mol. The smallest absolute Gasteiger partial charge is 0.319 e. The number of ether oxygens (including phenoxy) is 1. The molecule has 3 heteroatoms. The predicted molar refractivity (Wildman–Crippen MR) is 71.5 cm³/mol. The third-order valence-corrected chi connectivity index (χ3v) is 5.47. The Morgan fingerprint density at radius 3 is 2.95 bits per heavy atom. The molecule has 0 saturated heterocycles. The van der Waals surface area contributed by atoms with Crippen LogP contribution in [0.1, 0.15) is 51.9 Å². The van der Waals surface area contributed by atoms with E-state index in [4.69, 9.17) is 4.74 Å². The van der Waals surface area contributed by atoms with Crippen LogP contribution in [-0.2, 0) is 14.3 Å². The Morgan fingerprint density at radius 2 is 2.16 bits per heavy atom. The highest BCUT2D eigenvalue weighted by Gasteiger charge is 2.65. The van der Waals surface area contributed by atoms with Crippen molar-refractivity contribution in [2.45, 2.75) is 51.9 Å². The van der Waals surface area contributed by atoms with Gasteiger partial charge < -0.3 is 4.74 Å². The van der Waals surface area contributed by atoms with Gasteiger partial charge in [-0.25, -0.2) is 0 Å². The first-order valence-electron chi connectivity index (χ1n) is 7.53. The van der Waals surface area contributed by atoms with Crippen molar-refractivity contribution in [3.8, 4) is 0 Å². The van der Waals surface area contributed by atoms with E-state index in [-0.39, 0.29) is 17.2 Å². The van der Waals surface area contributed by atoms with Crippen molar-refractivity contribution in [1.29, 1.82) is 0 Å². The number of fused-ring (bicyclic) bond motifs is 1. The lowest BCUT2D eigenvalue weighted by atomic mass is 9.65. The summed E-state index contributed by atoms with van der Waals surface area (Å²) >= 11 is 0. The van der Waals surface area contributed by atoms with E-state index >= 15 is 0 Å². The number of carbonyl (C=O) groups excluding carboxylic acids is 2. The van der Waals surface area contributed by atoms with Crippen LogP contribution in [0.3, 0.4) is 0 Å². The molecule has 3 rings (SSSR count). The van der Waals surface area contributed by atoms with Crippen molar-refractivity contribution < 1.29 is 14.3 Å². The molecule has 3 aliphatic carbocycles. The summed E-state index contributed by atoms with van der Waals surface area (Å²) < 4.78 is 5.24. The number of allylic oxidation sites excluding steroid dienone is 2. The molecule has 0 aromatic carbocycles. The van der Waals surface area contributed by atoms with Crippen molar-refractivity contribution in [2.75, 3.05) is 6.61 Å². The molecule has 2 fully saturated rings. The number of carbonyl (C=O) groups is 2. The van der Waals surface area contributed by atoms with Gasteiger partial charge in [0.25, 0.3) is 0 Å². The third-order valence-electron chi connectivity index (χ3n) is 5.47. The second-order valence-corrected chi connectivity index (χ2v) is 6.31. The molecule has 0 N–H and O–H groups in total. The molecule has 2 saturated carbocycles. The van der Waals surface area contributed by atoms with Crippen LogP contribution in [0.25, 0.3) is 0 Å². The molecule has 0 aromatic rings. The minimum absolute atomic E-state index is 0.188. The lowest BCUT2D eigenvalue weighted by molar-refractivity contribution is -0.160. The second-order valence-electron chi connectivity index (χ2n) is 6.31. The van der Waals surface area contributed by atoms with E-state index in [0.717, 1.165) is 32.1 Å². The Morgan fingerprint density at radius 1 is 1.37 bits per heavy atom. The molecule has 3 aliphatic rings. The van der Waals surface area contributed by atoms with E-state index in [9.17, 15) is 9.59 Å². The van der Waals surface area contributed by atoms with Crippen LogP contribution in [0.4, 0.5) is 0 Å². The summed E-state index contributed by atoms with van der Waals surface area (Å²) in [6.45, 7) is 2.17. The van der Waals surface area contributed by atoms with Crippen molar-refractivity contribution in [3.63, 3.8) is 0 Å². The summed E-state index contributed by atoms with van der Waals surface area (Å²) in [5.74, 6) is 0.302. The number of rotatable bonds is 2. The molecular weight excluding hydrogens is 240 g/mol. The summed E-state index contributed by atoms with van der Waals surface area (Å²) in [6, 6.07) is 0. The van der Waals surface area contributed by atoms with Crippen LogP contribution in [-0.4, -0.2) is 18.4 Å². The van der Waals surface area contributed by atoms with E-state index in [1.165, 1.54) is 6.42 Å². The molecule has 0 aromatic heterocycles. The van der Waals surface area contributed by atoms with E-state index in [1.54, 1.807) is 0 Å². The van der Waals surface area contributed by atoms with E-state index < -0.39 is 5.41 Å². The van der Waals surface area contributed by atoms with Crippen LogP contribution in [0.5, 0.6) is 0 Å². The zero-order chi connectivity index (χ0) is 13.5. The summed E-state index contributed by atoms with van der Waals surface area (Å²) in [5, 5.41) is 0. The van der Waals surface area contributed by atoms with Gasteiger partial charge in [0.1, 0.15) is 5.41 Å². The van der Waals surface area contributed by atoms with Gasteiger partial charge in [0, 0.05) is 5.41 Å². The molecule has 2 bridgehead atoms. The monoisotopic (exact) mass is 262 g/mol. The SMILES string of the molecule is CCOC(=O)[C@]12CC=CC[C@@]3(CCCC[C@H]3C1)C2=O. The quantitative estimate of drug-likeness (QED) is 0.436. The largest absolute Gasteiger partial charge is 0.465 e. The Hall–Kier alpha value is -1.12. The molecule has 0 unspecified atom stereocenters. The fourth-order valence-corrected chi connectivity index (χ4v) is 4.54. The number of esters is 1. The first kappa shape index (κ1) is 12.9. The number of ketones is 1. The highest BCUT2D eigenvalue weighted by Crippen LogP contribution is 2.61. The molecule has 0 heterocycles. The predicted octanol–water partition coefficient (Wildman–Crippen LogP) is 3.04. The van der Waals surface area contributed by atoms with E-state index in [1.807, 2.05) is 13.0 Å². The normalized spacial score (nSPS) is 40.7. The Balaban J connectivity index is 2.03. The van der Waals surface area contributed by atoms with Gasteiger partial charge in [-0.3, -0.25) is 9.59 Å². The lowest BCUT2D eigenvalue weighted by Crippen LogP contribution is -2.42. The number of hydrogen-bond donors (Lipinski definition) is 0. The van der Waals surface area contributed by atoms with Gasteiger partial charge in [0.2, 0.25) is 0 Å². The molecule has 0 aliphatic heterocycles. The third kappa shape index (κ3) is 1.63. The van der Waals surface area contributed by atoms with Crippen LogP contribution in [0.2, 0.25) is 0 Å². The van der Waals surface area contributed by atoms with Crippen LogP contribution < -0.4 is 0 Å². The standard InChI is InChI=1S/C16H22O3/c1-2-19-14(18)16-10-6-5-9-15(13(16)17)8-4-3-7-12(15)11-16/h5-6,12H,2-4,7-11H2,1H3/t12-,15+,16+/m0/s1. The number of Topliss-reactive ketones (excluding diaryl/α,β-unsaturated/α-hetero) is 1. The fourth-order valence-electron chi connectivity index (χ4n) is 4.54. The van der Waals surface area contributed by atoms with Gasteiger partial charge in [0.05, 0.1) is 6.61 Å². The van der Waals surface area contributed by atoms with Crippen molar-refractivity contribution in [3.05, 3.63) is 12.2 Å². The summed E-state index contributed by atoms with van der Waals surface area (Å²) in [4.78, 5) is 25.5. The first-order chi connectivity index (χ1) is 9.16. The van der Waals surface area contributed by atoms with Crippen molar-refractivity contribution >= 4 is 11.8 Å². The topological polar surface area (TPSA) is 43.4 Å². The molecule has 19 heavy (non-hydrogen) atoms. The van der Waals surface area contributed by atoms with Gasteiger partial charge in [0.15, 0.2) is 5.78 Å². The van der Waals surface area contributed by atoms with E-state index in [0.29, 0.717) is 18.9 Å². The maximum atomic E-state index is 13.1. The number of hydrogen-bond acceptors (Lipinski definition) is 3. The zero-order valence-corrected chi connectivity index (χ0v) is 11.6. The molecule has 0 amide bonds. The maximum absolute atomic E-state index is 13.1. The minimum Gasteiger partial charge on any atom is -0.465 e. The molecule has 1 spiro atoms. The van der Waals surface area contributed by atoms with Crippen LogP contribution in [0, 0.1) is 16.7 Å². The molecule has 0 radical (unpaired) electrons. The first-order valence-corrected chi connectivity index (χ1v) is 7.53. The summed E-state index contributed by atoms with van der Waals surface area (Å²) in [6.07, 6.45) is 10.6. The molecule has 3 nitrogen and oxygen atoms in total. The summed E-state index contributed by atoms with van der Waals surface area (Å²) in [5.41, 5.74) is -1.12. The molecule has 3 atom stereocenters. The van der Waals surface area contributed by atoms with Crippen molar-refractivity contribution in [2.24, 2.45) is 16.7 Å². The van der Waals surface area contributed by atoms with Gasteiger partial charge in [-0.05, 0) is 44.9 Å².